The number of piperidine rings is 1. The first kappa shape index (κ1) is 7.93. The lowest BCUT2D eigenvalue weighted by atomic mass is 9.71. The van der Waals surface area contributed by atoms with Gasteiger partial charge in [-0.1, -0.05) is 13.8 Å². The normalized spacial score (nSPS) is 50.7. The van der Waals surface area contributed by atoms with E-state index in [1.54, 1.807) is 0 Å². The van der Waals surface area contributed by atoms with Crippen molar-refractivity contribution in [2.75, 3.05) is 24.6 Å². The van der Waals surface area contributed by atoms with Crippen LogP contribution in [-0.2, 0) is 0 Å². The van der Waals surface area contributed by atoms with Gasteiger partial charge in [-0.2, -0.15) is 11.8 Å². The molecule has 11 heavy (non-hydrogen) atoms. The van der Waals surface area contributed by atoms with Crippen LogP contribution < -0.4 is 5.32 Å². The van der Waals surface area contributed by atoms with Gasteiger partial charge in [0, 0.05) is 13.1 Å². The quantitative estimate of drug-likeness (QED) is 0.596. The van der Waals surface area contributed by atoms with Crippen LogP contribution in [0.1, 0.15) is 20.3 Å². The van der Waals surface area contributed by atoms with Crippen LogP contribution in [-0.4, -0.2) is 24.6 Å². The first-order valence-corrected chi connectivity index (χ1v) is 5.56. The Balaban J connectivity index is 2.16. The predicted octanol–water partition coefficient (Wildman–Crippen LogP) is 1.74. The number of hydrogen-bond donors (Lipinski definition) is 1. The number of rotatable bonds is 0. The summed E-state index contributed by atoms with van der Waals surface area (Å²) in [5.74, 6) is 2.71. The van der Waals surface area contributed by atoms with E-state index < -0.39 is 0 Å². The van der Waals surface area contributed by atoms with Crippen molar-refractivity contribution in [3.05, 3.63) is 0 Å². The van der Waals surface area contributed by atoms with Crippen molar-refractivity contribution in [2.45, 2.75) is 20.3 Å². The topological polar surface area (TPSA) is 12.0 Å². The fraction of sp³-hybridized carbons (Fsp3) is 1.00. The molecule has 2 unspecified atom stereocenters. The third-order valence-electron chi connectivity index (χ3n) is 2.86. The summed E-state index contributed by atoms with van der Waals surface area (Å²) < 4.78 is 0. The molecule has 0 aliphatic carbocycles. The van der Waals surface area contributed by atoms with Crippen molar-refractivity contribution in [1.29, 1.82) is 0 Å². The van der Waals surface area contributed by atoms with Crippen molar-refractivity contribution >= 4 is 11.8 Å². The van der Waals surface area contributed by atoms with E-state index in [1.807, 2.05) is 0 Å². The highest BCUT2D eigenvalue weighted by Gasteiger charge is 2.42. The molecule has 0 aromatic heterocycles. The summed E-state index contributed by atoms with van der Waals surface area (Å²) in [6.45, 7) is 7.30. The third kappa shape index (κ3) is 1.43. The zero-order chi connectivity index (χ0) is 7.95. The van der Waals surface area contributed by atoms with Crippen molar-refractivity contribution in [3.63, 3.8) is 0 Å². The molecule has 2 fully saturated rings. The van der Waals surface area contributed by atoms with Gasteiger partial charge in [0.25, 0.3) is 0 Å². The Labute approximate surface area is 73.3 Å². The van der Waals surface area contributed by atoms with E-state index in [0.29, 0.717) is 10.8 Å². The Bertz CT molecular complexity index is 141. The molecule has 2 atom stereocenters. The molecule has 2 bridgehead atoms. The van der Waals surface area contributed by atoms with E-state index in [2.05, 4.69) is 30.9 Å². The van der Waals surface area contributed by atoms with Crippen molar-refractivity contribution in [2.24, 2.45) is 10.8 Å². The fourth-order valence-corrected chi connectivity index (χ4v) is 4.07. The molecule has 0 radical (unpaired) electrons. The molecule has 1 N–H and O–H groups in total. The molecule has 0 aromatic rings. The summed E-state index contributed by atoms with van der Waals surface area (Å²) >= 11 is 2.14. The first-order valence-electron chi connectivity index (χ1n) is 4.41. The molecule has 2 rings (SSSR count). The number of nitrogens with one attached hydrogen (secondary N) is 1. The maximum Gasteiger partial charge on any atom is 0.00135 e. The van der Waals surface area contributed by atoms with Gasteiger partial charge in [-0.25, -0.2) is 0 Å². The van der Waals surface area contributed by atoms with Gasteiger partial charge in [0.2, 0.25) is 0 Å². The molecule has 0 aromatic carbocycles. The van der Waals surface area contributed by atoms with Crippen LogP contribution in [0.2, 0.25) is 0 Å². The van der Waals surface area contributed by atoms with E-state index in [0.717, 1.165) is 0 Å². The van der Waals surface area contributed by atoms with E-state index in [9.17, 15) is 0 Å². The Morgan fingerprint density at radius 2 is 1.64 bits per heavy atom. The minimum Gasteiger partial charge on any atom is -0.316 e. The summed E-state index contributed by atoms with van der Waals surface area (Å²) in [7, 11) is 0. The summed E-state index contributed by atoms with van der Waals surface area (Å²) in [5, 5.41) is 3.55. The molecular weight excluding hydrogens is 154 g/mol. The van der Waals surface area contributed by atoms with Crippen molar-refractivity contribution < 1.29 is 0 Å². The highest BCUT2D eigenvalue weighted by Crippen LogP contribution is 2.45. The van der Waals surface area contributed by atoms with Gasteiger partial charge in [0.05, 0.1) is 0 Å². The second kappa shape index (κ2) is 2.40. The van der Waals surface area contributed by atoms with Crippen LogP contribution in [0, 0.1) is 10.8 Å². The highest BCUT2D eigenvalue weighted by molar-refractivity contribution is 7.99. The van der Waals surface area contributed by atoms with Crippen molar-refractivity contribution in [3.8, 4) is 0 Å². The zero-order valence-electron chi connectivity index (χ0n) is 7.44. The molecule has 2 aliphatic heterocycles. The molecule has 2 aliphatic rings. The van der Waals surface area contributed by atoms with Gasteiger partial charge in [-0.3, -0.25) is 0 Å². The van der Waals surface area contributed by atoms with Gasteiger partial charge in [0.1, 0.15) is 0 Å². The molecule has 2 heteroatoms. The number of thioether (sulfide) groups is 1. The Kier molecular flexibility index (Phi) is 1.73. The molecule has 2 heterocycles. The largest absolute Gasteiger partial charge is 0.316 e. The standard InChI is InChI=1S/C9H17NS/c1-8-3-9(2,5-10-4-8)7-11-6-8/h10H,3-7H2,1-2H3. The van der Waals surface area contributed by atoms with Gasteiger partial charge in [-0.05, 0) is 28.8 Å². The lowest BCUT2D eigenvalue weighted by molar-refractivity contribution is 0.134. The van der Waals surface area contributed by atoms with Crippen molar-refractivity contribution in [1.82, 2.24) is 5.32 Å². The summed E-state index contributed by atoms with van der Waals surface area (Å²) in [5.41, 5.74) is 1.19. The average molecular weight is 171 g/mol. The van der Waals surface area contributed by atoms with Gasteiger partial charge in [-0.15, -0.1) is 0 Å². The first-order chi connectivity index (χ1) is 5.12. The Hall–Kier alpha value is 0.310. The zero-order valence-corrected chi connectivity index (χ0v) is 8.26. The SMILES string of the molecule is CC12CNCC(C)(CSC1)C2. The average Bonchev–Trinajstić information content (AvgIpc) is 1.83. The third-order valence-corrected chi connectivity index (χ3v) is 4.66. The molecule has 2 saturated heterocycles. The van der Waals surface area contributed by atoms with E-state index >= 15 is 0 Å². The molecule has 64 valence electrons. The van der Waals surface area contributed by atoms with Crippen LogP contribution in [0.5, 0.6) is 0 Å². The minimum atomic E-state index is 0.593. The van der Waals surface area contributed by atoms with Crippen LogP contribution in [0.4, 0.5) is 0 Å². The lowest BCUT2D eigenvalue weighted by Crippen LogP contribution is -2.53. The maximum atomic E-state index is 3.55. The lowest BCUT2D eigenvalue weighted by Gasteiger charge is -2.49. The fourth-order valence-electron chi connectivity index (χ4n) is 2.57. The second-order valence-corrected chi connectivity index (χ2v) is 5.88. The second-order valence-electron chi connectivity index (χ2n) is 4.89. The van der Waals surface area contributed by atoms with Gasteiger partial charge in [0.15, 0.2) is 0 Å². The van der Waals surface area contributed by atoms with Crippen LogP contribution >= 0.6 is 11.8 Å². The summed E-state index contributed by atoms with van der Waals surface area (Å²) in [6.07, 6.45) is 1.43. The predicted molar refractivity (Wildman–Crippen MR) is 51.0 cm³/mol. The highest BCUT2D eigenvalue weighted by atomic mass is 32.2. The molecular formula is C9H17NS. The van der Waals surface area contributed by atoms with Crippen LogP contribution in [0.3, 0.4) is 0 Å². The molecule has 0 saturated carbocycles. The smallest absolute Gasteiger partial charge is 0.00135 e. The van der Waals surface area contributed by atoms with Gasteiger partial charge < -0.3 is 5.32 Å². The van der Waals surface area contributed by atoms with E-state index in [4.69, 9.17) is 0 Å². The maximum absolute atomic E-state index is 3.55. The van der Waals surface area contributed by atoms with E-state index in [1.165, 1.54) is 31.0 Å². The number of hydrogen-bond acceptors (Lipinski definition) is 2. The Morgan fingerprint density at radius 3 is 2.09 bits per heavy atom. The Morgan fingerprint density at radius 1 is 1.09 bits per heavy atom. The summed E-state index contributed by atoms with van der Waals surface area (Å²) in [4.78, 5) is 0. The van der Waals surface area contributed by atoms with E-state index in [-0.39, 0.29) is 0 Å². The minimum absolute atomic E-state index is 0.593. The molecule has 0 amide bonds. The number of fused-ring (bicyclic) bond motifs is 2. The summed E-state index contributed by atoms with van der Waals surface area (Å²) in [6, 6.07) is 0. The molecule has 0 spiro atoms. The van der Waals surface area contributed by atoms with Crippen LogP contribution in [0.25, 0.3) is 0 Å². The molecule has 1 nitrogen and oxygen atoms in total. The monoisotopic (exact) mass is 171 g/mol. The van der Waals surface area contributed by atoms with Gasteiger partial charge >= 0.3 is 0 Å². The van der Waals surface area contributed by atoms with Crippen LogP contribution in [0.15, 0.2) is 0 Å².